The van der Waals surface area contributed by atoms with Crippen molar-refractivity contribution in [2.75, 3.05) is 0 Å². The van der Waals surface area contributed by atoms with Crippen LogP contribution in [0.1, 0.15) is 17.9 Å². The van der Waals surface area contributed by atoms with Crippen LogP contribution in [-0.4, -0.2) is 15.0 Å². The fourth-order valence-corrected chi connectivity index (χ4v) is 3.59. The van der Waals surface area contributed by atoms with Gasteiger partial charge >= 0.3 is 0 Å². The lowest BCUT2D eigenvalue weighted by atomic mass is 10.3. The van der Waals surface area contributed by atoms with Crippen molar-refractivity contribution in [3.8, 4) is 0 Å². The van der Waals surface area contributed by atoms with Crippen LogP contribution in [0.2, 0.25) is 5.02 Å². The van der Waals surface area contributed by atoms with Crippen molar-refractivity contribution in [2.45, 2.75) is 22.3 Å². The Morgan fingerprint density at radius 3 is 2.84 bits per heavy atom. The van der Waals surface area contributed by atoms with Crippen LogP contribution in [0.3, 0.4) is 0 Å². The molecule has 0 aromatic carbocycles. The van der Waals surface area contributed by atoms with Gasteiger partial charge < -0.3 is 5.11 Å². The Kier molecular flexibility index (Phi) is 4.41. The van der Waals surface area contributed by atoms with Gasteiger partial charge in [-0.1, -0.05) is 23.4 Å². The van der Waals surface area contributed by atoms with Gasteiger partial charge in [0.15, 0.2) is 0 Å². The largest absolute Gasteiger partial charge is 0.388 e. The Hall–Kier alpha value is -1.15. The van der Waals surface area contributed by atoms with E-state index in [2.05, 4.69) is 4.98 Å². The topological polar surface area (TPSA) is 76.3 Å². The Bertz CT molecular complexity index is 598. The van der Waals surface area contributed by atoms with Crippen LogP contribution in [0.25, 0.3) is 0 Å². The highest BCUT2D eigenvalue weighted by molar-refractivity contribution is 8.01. The van der Waals surface area contributed by atoms with Crippen molar-refractivity contribution < 1.29 is 10.0 Å². The Morgan fingerprint density at radius 1 is 1.58 bits per heavy atom. The van der Waals surface area contributed by atoms with Gasteiger partial charge in [-0.15, -0.1) is 11.3 Å². The molecule has 0 fully saturated rings. The minimum absolute atomic E-state index is 0.0114. The lowest BCUT2D eigenvalue weighted by Gasteiger charge is -1.98. The zero-order valence-corrected chi connectivity index (χ0v) is 12.1. The van der Waals surface area contributed by atoms with E-state index in [1.54, 1.807) is 19.1 Å². The SMILES string of the molecule is C[C@H](O)c1cc([N+](=O)[O-])c(Sc2ccc(Cl)cn2)s1. The average Bonchev–Trinajstić information content (AvgIpc) is 2.76. The standard InChI is InChI=1S/C11H9ClN2O3S2/c1-6(15)9-4-8(14(16)17)11(18-9)19-10-3-2-7(12)5-13-10/h2-6,15H,1H3/t6-/m0/s1. The van der Waals surface area contributed by atoms with Crippen LogP contribution in [0, 0.1) is 10.1 Å². The number of aliphatic hydroxyl groups excluding tert-OH is 1. The molecule has 100 valence electrons. The molecular formula is C11H9ClN2O3S2. The molecule has 19 heavy (non-hydrogen) atoms. The normalized spacial score (nSPS) is 12.4. The first kappa shape index (κ1) is 14.3. The number of nitrogens with zero attached hydrogens (tertiary/aromatic N) is 2. The van der Waals surface area contributed by atoms with Gasteiger partial charge in [-0.2, -0.15) is 0 Å². The smallest absolute Gasteiger partial charge is 0.294 e. The van der Waals surface area contributed by atoms with Crippen LogP contribution in [0.5, 0.6) is 0 Å². The van der Waals surface area contributed by atoms with Crippen molar-refractivity contribution in [2.24, 2.45) is 0 Å². The number of nitro groups is 1. The molecule has 0 aliphatic rings. The molecule has 0 aliphatic carbocycles. The van der Waals surface area contributed by atoms with E-state index in [-0.39, 0.29) is 5.69 Å². The molecule has 2 aromatic rings. The van der Waals surface area contributed by atoms with Gasteiger partial charge in [0.2, 0.25) is 0 Å². The number of rotatable bonds is 4. The highest BCUT2D eigenvalue weighted by Crippen LogP contribution is 2.42. The third-order valence-corrected chi connectivity index (χ3v) is 4.86. The molecule has 1 atom stereocenters. The summed E-state index contributed by atoms with van der Waals surface area (Å²) in [5, 5.41) is 21.6. The van der Waals surface area contributed by atoms with Crippen LogP contribution < -0.4 is 0 Å². The van der Waals surface area contributed by atoms with E-state index in [0.717, 1.165) is 0 Å². The number of aliphatic hydroxyl groups is 1. The molecule has 2 aromatic heterocycles. The lowest BCUT2D eigenvalue weighted by molar-refractivity contribution is -0.387. The molecule has 8 heteroatoms. The second-order valence-corrected chi connectivity index (χ2v) is 6.48. The summed E-state index contributed by atoms with van der Waals surface area (Å²) in [6.45, 7) is 1.57. The molecule has 0 saturated heterocycles. The minimum Gasteiger partial charge on any atom is -0.388 e. The second kappa shape index (κ2) is 5.87. The molecule has 0 amide bonds. The van der Waals surface area contributed by atoms with E-state index >= 15 is 0 Å². The van der Waals surface area contributed by atoms with Crippen LogP contribution in [-0.2, 0) is 0 Å². The van der Waals surface area contributed by atoms with Crippen molar-refractivity contribution in [1.82, 2.24) is 4.98 Å². The second-order valence-electron chi connectivity index (χ2n) is 3.67. The van der Waals surface area contributed by atoms with Crippen molar-refractivity contribution in [1.29, 1.82) is 0 Å². The highest BCUT2D eigenvalue weighted by atomic mass is 35.5. The summed E-state index contributed by atoms with van der Waals surface area (Å²) in [4.78, 5) is 15.2. The Labute approximate surface area is 122 Å². The molecule has 2 rings (SSSR count). The summed E-state index contributed by atoms with van der Waals surface area (Å²) < 4.78 is 0.496. The maximum atomic E-state index is 11.0. The summed E-state index contributed by atoms with van der Waals surface area (Å²) in [6.07, 6.45) is 0.759. The number of aromatic nitrogens is 1. The molecule has 1 N–H and O–H groups in total. The molecule has 0 aliphatic heterocycles. The average molecular weight is 317 g/mol. The van der Waals surface area contributed by atoms with Crippen molar-refractivity contribution in [3.63, 3.8) is 0 Å². The fraction of sp³-hybridized carbons (Fsp3) is 0.182. The Morgan fingerprint density at radius 2 is 2.32 bits per heavy atom. The molecule has 0 radical (unpaired) electrons. The van der Waals surface area contributed by atoms with Gasteiger partial charge in [0.1, 0.15) is 9.24 Å². The third-order valence-electron chi connectivity index (χ3n) is 2.20. The molecule has 0 unspecified atom stereocenters. The number of hydrogen-bond donors (Lipinski definition) is 1. The fourth-order valence-electron chi connectivity index (χ4n) is 1.31. The van der Waals surface area contributed by atoms with Gasteiger partial charge in [0.05, 0.1) is 16.0 Å². The molecule has 0 spiro atoms. The van der Waals surface area contributed by atoms with Gasteiger partial charge in [-0.05, 0) is 19.1 Å². The molecule has 5 nitrogen and oxygen atoms in total. The number of thiophene rings is 1. The highest BCUT2D eigenvalue weighted by Gasteiger charge is 2.22. The zero-order chi connectivity index (χ0) is 14.0. The first-order chi connectivity index (χ1) is 8.97. The first-order valence-electron chi connectivity index (χ1n) is 5.23. The van der Waals surface area contributed by atoms with Gasteiger partial charge in [-0.25, -0.2) is 4.98 Å². The van der Waals surface area contributed by atoms with Crippen molar-refractivity contribution >= 4 is 40.4 Å². The number of halogens is 1. The van der Waals surface area contributed by atoms with E-state index in [0.29, 0.717) is 19.1 Å². The van der Waals surface area contributed by atoms with E-state index in [4.69, 9.17) is 11.6 Å². The quantitative estimate of drug-likeness (QED) is 0.683. The first-order valence-corrected chi connectivity index (χ1v) is 7.24. The molecule has 0 bridgehead atoms. The summed E-state index contributed by atoms with van der Waals surface area (Å²) >= 11 is 8.11. The molecule has 0 saturated carbocycles. The van der Waals surface area contributed by atoms with Gasteiger partial charge in [-0.3, -0.25) is 10.1 Å². The summed E-state index contributed by atoms with van der Waals surface area (Å²) in [7, 11) is 0. The molecular weight excluding hydrogens is 308 g/mol. The zero-order valence-electron chi connectivity index (χ0n) is 9.74. The summed E-state index contributed by atoms with van der Waals surface area (Å²) in [6, 6.07) is 4.76. The maximum absolute atomic E-state index is 11.0. The Balaban J connectivity index is 2.33. The predicted molar refractivity (Wildman–Crippen MR) is 75.0 cm³/mol. The van der Waals surface area contributed by atoms with E-state index in [9.17, 15) is 15.2 Å². The third kappa shape index (κ3) is 3.44. The lowest BCUT2D eigenvalue weighted by Crippen LogP contribution is -1.87. The van der Waals surface area contributed by atoms with Crippen LogP contribution >= 0.6 is 34.7 Å². The van der Waals surface area contributed by atoms with Crippen LogP contribution in [0.15, 0.2) is 33.6 Å². The van der Waals surface area contributed by atoms with E-state index in [1.165, 1.54) is 35.4 Å². The summed E-state index contributed by atoms with van der Waals surface area (Å²) in [5.74, 6) is 0. The van der Waals surface area contributed by atoms with E-state index < -0.39 is 11.0 Å². The predicted octanol–water partition coefficient (Wildman–Crippen LogP) is 3.91. The monoisotopic (exact) mass is 316 g/mol. The van der Waals surface area contributed by atoms with Crippen molar-refractivity contribution in [3.05, 3.63) is 44.4 Å². The van der Waals surface area contributed by atoms with Gasteiger partial charge in [0, 0.05) is 17.1 Å². The maximum Gasteiger partial charge on any atom is 0.294 e. The minimum atomic E-state index is -0.726. The van der Waals surface area contributed by atoms with Gasteiger partial charge in [0.25, 0.3) is 5.69 Å². The summed E-state index contributed by atoms with van der Waals surface area (Å²) in [5.41, 5.74) is -0.0114. The number of hydrogen-bond acceptors (Lipinski definition) is 6. The van der Waals surface area contributed by atoms with E-state index in [1.807, 2.05) is 0 Å². The number of pyridine rings is 1. The van der Waals surface area contributed by atoms with Crippen LogP contribution in [0.4, 0.5) is 5.69 Å². The molecule has 2 heterocycles.